The van der Waals surface area contributed by atoms with Crippen LogP contribution in [0.2, 0.25) is 0 Å². The maximum absolute atomic E-state index is 14.2. The van der Waals surface area contributed by atoms with Crippen LogP contribution in [-0.2, 0) is 25.0 Å². The largest absolute Gasteiger partial charge is 0.337 e. The second-order valence-corrected chi connectivity index (χ2v) is 9.54. The minimum absolute atomic E-state index is 0.0263. The maximum atomic E-state index is 14.2. The van der Waals surface area contributed by atoms with Crippen molar-refractivity contribution in [1.29, 1.82) is 0 Å². The van der Waals surface area contributed by atoms with Gasteiger partial charge in [-0.05, 0) is 38.5 Å². The molecule has 2 atom stereocenters. The van der Waals surface area contributed by atoms with Crippen molar-refractivity contribution in [1.82, 2.24) is 15.1 Å². The zero-order chi connectivity index (χ0) is 21.6. The summed E-state index contributed by atoms with van der Waals surface area (Å²) in [6.07, 6.45) is 0.286. The molecule has 11 heteroatoms. The van der Waals surface area contributed by atoms with Gasteiger partial charge < -0.3 is 10.2 Å². The van der Waals surface area contributed by atoms with Gasteiger partial charge in [-0.1, -0.05) is 0 Å². The molecule has 1 N–H and O–H groups in total. The van der Waals surface area contributed by atoms with Gasteiger partial charge in [0.25, 0.3) is 5.91 Å². The van der Waals surface area contributed by atoms with E-state index in [1.807, 2.05) is 0 Å². The lowest BCUT2D eigenvalue weighted by atomic mass is 9.91. The van der Waals surface area contributed by atoms with E-state index in [4.69, 9.17) is 0 Å². The van der Waals surface area contributed by atoms with Gasteiger partial charge in [-0.25, -0.2) is 22.0 Å². The van der Waals surface area contributed by atoms with E-state index in [0.29, 0.717) is 4.90 Å². The lowest BCUT2D eigenvalue weighted by Gasteiger charge is -2.28. The standard InChI is InChI=1S/C18H21F2N3O5S/c1-3-22(12-6-7-29(27,28)10-12)15(24)9-23-16(25)18(2,21-17(23)26)13-8-11(19)4-5-14(13)20/h4-5,8,12H,3,6-7,9-10H2,1-2H3,(H,21,26)/t12-,18-/m1/s1. The normalized spacial score (nSPS) is 25.9. The van der Waals surface area contributed by atoms with E-state index in [2.05, 4.69) is 5.32 Å². The predicted octanol–water partition coefficient (Wildman–Crippen LogP) is 0.767. The van der Waals surface area contributed by atoms with Gasteiger partial charge in [0.15, 0.2) is 9.84 Å². The van der Waals surface area contributed by atoms with Gasteiger partial charge >= 0.3 is 6.03 Å². The quantitative estimate of drug-likeness (QED) is 0.697. The highest BCUT2D eigenvalue weighted by Gasteiger charge is 2.51. The third-order valence-electron chi connectivity index (χ3n) is 5.35. The van der Waals surface area contributed by atoms with E-state index in [9.17, 15) is 31.6 Å². The third-order valence-corrected chi connectivity index (χ3v) is 7.10. The van der Waals surface area contributed by atoms with Gasteiger partial charge in [-0.2, -0.15) is 0 Å². The number of imide groups is 1. The summed E-state index contributed by atoms with van der Waals surface area (Å²) in [5.41, 5.74) is -2.21. The highest BCUT2D eigenvalue weighted by Crippen LogP contribution is 2.31. The van der Waals surface area contributed by atoms with Crippen molar-refractivity contribution in [2.75, 3.05) is 24.6 Å². The van der Waals surface area contributed by atoms with Gasteiger partial charge in [-0.3, -0.25) is 14.5 Å². The summed E-state index contributed by atoms with van der Waals surface area (Å²) in [5.74, 6) is -3.33. The van der Waals surface area contributed by atoms with Gasteiger partial charge in [0.2, 0.25) is 5.91 Å². The number of rotatable bonds is 5. The Morgan fingerprint density at radius 3 is 2.62 bits per heavy atom. The number of hydrogen-bond acceptors (Lipinski definition) is 5. The number of amides is 4. The van der Waals surface area contributed by atoms with Crippen molar-refractivity contribution in [3.63, 3.8) is 0 Å². The Morgan fingerprint density at radius 1 is 1.34 bits per heavy atom. The highest BCUT2D eigenvalue weighted by molar-refractivity contribution is 7.91. The van der Waals surface area contributed by atoms with Crippen LogP contribution in [0.3, 0.4) is 0 Å². The number of halogens is 2. The summed E-state index contributed by atoms with van der Waals surface area (Å²) in [7, 11) is -3.23. The van der Waals surface area contributed by atoms with Crippen molar-refractivity contribution >= 4 is 27.7 Å². The summed E-state index contributed by atoms with van der Waals surface area (Å²) in [6.45, 7) is 2.48. The number of urea groups is 1. The first-order chi connectivity index (χ1) is 13.5. The number of sulfone groups is 1. The van der Waals surface area contributed by atoms with Crippen molar-refractivity contribution in [3.8, 4) is 0 Å². The smallest absolute Gasteiger partial charge is 0.325 e. The van der Waals surface area contributed by atoms with Crippen LogP contribution in [0.4, 0.5) is 13.6 Å². The SMILES string of the molecule is CCN(C(=O)CN1C(=O)N[C@](C)(c2cc(F)ccc2F)C1=O)[C@@H]1CCS(=O)(=O)C1. The minimum atomic E-state index is -3.23. The Balaban J connectivity index is 1.81. The summed E-state index contributed by atoms with van der Waals surface area (Å²) in [5, 5.41) is 2.32. The molecule has 4 amide bonds. The molecule has 2 aliphatic heterocycles. The van der Waals surface area contributed by atoms with E-state index in [0.717, 1.165) is 18.2 Å². The van der Waals surface area contributed by atoms with E-state index < -0.39 is 57.4 Å². The molecule has 0 radical (unpaired) electrons. The Morgan fingerprint density at radius 2 is 2.03 bits per heavy atom. The fraction of sp³-hybridized carbons (Fsp3) is 0.500. The average Bonchev–Trinajstić information content (AvgIpc) is 3.10. The second-order valence-electron chi connectivity index (χ2n) is 7.31. The molecule has 3 rings (SSSR count). The number of hydrogen-bond donors (Lipinski definition) is 1. The molecule has 2 aliphatic rings. The molecule has 0 saturated carbocycles. The highest BCUT2D eigenvalue weighted by atomic mass is 32.2. The van der Waals surface area contributed by atoms with Crippen LogP contribution in [0.15, 0.2) is 18.2 Å². The number of nitrogens with zero attached hydrogens (tertiary/aromatic N) is 2. The number of benzene rings is 1. The summed E-state index contributed by atoms with van der Waals surface area (Å²) in [4.78, 5) is 39.9. The van der Waals surface area contributed by atoms with Crippen LogP contribution in [0.1, 0.15) is 25.8 Å². The fourth-order valence-electron chi connectivity index (χ4n) is 3.79. The topological polar surface area (TPSA) is 104 Å². The molecule has 1 aromatic rings. The number of carbonyl (C=O) groups is 3. The van der Waals surface area contributed by atoms with E-state index in [1.54, 1.807) is 6.92 Å². The first-order valence-electron chi connectivity index (χ1n) is 9.08. The molecule has 0 aliphatic carbocycles. The second kappa shape index (κ2) is 7.36. The van der Waals surface area contributed by atoms with Gasteiger partial charge in [0.05, 0.1) is 11.5 Å². The minimum Gasteiger partial charge on any atom is -0.337 e. The number of nitrogens with one attached hydrogen (secondary N) is 1. The lowest BCUT2D eigenvalue weighted by molar-refractivity contribution is -0.139. The molecule has 0 spiro atoms. The summed E-state index contributed by atoms with van der Waals surface area (Å²) >= 11 is 0. The Labute approximate surface area is 166 Å². The summed E-state index contributed by atoms with van der Waals surface area (Å²) < 4.78 is 51.2. The zero-order valence-corrected chi connectivity index (χ0v) is 16.8. The molecule has 8 nitrogen and oxygen atoms in total. The first-order valence-corrected chi connectivity index (χ1v) is 10.9. The Kier molecular flexibility index (Phi) is 5.37. The van der Waals surface area contributed by atoms with Crippen molar-refractivity contribution in [2.24, 2.45) is 0 Å². The van der Waals surface area contributed by atoms with E-state index >= 15 is 0 Å². The molecular formula is C18H21F2N3O5S. The van der Waals surface area contributed by atoms with Crippen LogP contribution in [0.5, 0.6) is 0 Å². The van der Waals surface area contributed by atoms with Crippen LogP contribution in [0, 0.1) is 11.6 Å². The molecular weight excluding hydrogens is 408 g/mol. The monoisotopic (exact) mass is 429 g/mol. The third kappa shape index (κ3) is 3.83. The zero-order valence-electron chi connectivity index (χ0n) is 15.9. The van der Waals surface area contributed by atoms with E-state index in [1.165, 1.54) is 11.8 Å². The predicted molar refractivity (Wildman–Crippen MR) is 98.4 cm³/mol. The fourth-order valence-corrected chi connectivity index (χ4v) is 5.52. The Bertz CT molecular complexity index is 984. The maximum Gasteiger partial charge on any atom is 0.325 e. The van der Waals surface area contributed by atoms with Crippen molar-refractivity contribution < 1.29 is 31.6 Å². The molecule has 2 fully saturated rings. The molecule has 2 heterocycles. The lowest BCUT2D eigenvalue weighted by Crippen LogP contribution is -2.48. The van der Waals surface area contributed by atoms with Crippen LogP contribution < -0.4 is 5.32 Å². The van der Waals surface area contributed by atoms with Gasteiger partial charge in [0, 0.05) is 18.2 Å². The molecule has 0 bridgehead atoms. The van der Waals surface area contributed by atoms with Crippen molar-refractivity contribution in [3.05, 3.63) is 35.4 Å². The van der Waals surface area contributed by atoms with Crippen LogP contribution >= 0.6 is 0 Å². The average molecular weight is 429 g/mol. The number of likely N-dealkylation sites (N-methyl/N-ethyl adjacent to an activating group) is 1. The first kappa shape index (κ1) is 21.2. The molecule has 2 saturated heterocycles. The molecule has 0 unspecified atom stereocenters. The molecule has 158 valence electrons. The summed E-state index contributed by atoms with van der Waals surface area (Å²) in [6, 6.07) is 1.12. The van der Waals surface area contributed by atoms with E-state index in [-0.39, 0.29) is 30.0 Å². The van der Waals surface area contributed by atoms with Crippen LogP contribution in [-0.4, -0.2) is 66.7 Å². The number of carbonyl (C=O) groups excluding carboxylic acids is 3. The van der Waals surface area contributed by atoms with Gasteiger partial charge in [0.1, 0.15) is 23.7 Å². The molecule has 0 aromatic heterocycles. The molecule has 29 heavy (non-hydrogen) atoms. The van der Waals surface area contributed by atoms with Crippen molar-refractivity contribution in [2.45, 2.75) is 31.8 Å². The van der Waals surface area contributed by atoms with Crippen LogP contribution in [0.25, 0.3) is 0 Å². The molecule has 1 aromatic carbocycles. The Hall–Kier alpha value is -2.56. The van der Waals surface area contributed by atoms with Gasteiger partial charge in [-0.15, -0.1) is 0 Å².